The number of nitrogens with zero attached hydrogens (tertiary/aromatic N) is 2. The maximum absolute atomic E-state index is 12.7. The van der Waals surface area contributed by atoms with E-state index in [2.05, 4.69) is 10.1 Å². The number of ether oxygens (including phenoxy) is 1. The van der Waals surface area contributed by atoms with Crippen LogP contribution in [0.4, 0.5) is 18.9 Å². The molecule has 0 saturated carbocycles. The molecule has 0 aliphatic carbocycles. The van der Waals surface area contributed by atoms with E-state index in [1.54, 1.807) is 0 Å². The monoisotopic (exact) mass is 301 g/mol. The van der Waals surface area contributed by atoms with Crippen molar-refractivity contribution in [3.05, 3.63) is 29.6 Å². The zero-order chi connectivity index (χ0) is 15.5. The minimum absolute atomic E-state index is 0.0369. The molecule has 2 aromatic rings. The smallest absolute Gasteiger partial charge is 0.398 e. The predicted octanol–water partition coefficient (Wildman–Crippen LogP) is 2.92. The minimum Gasteiger partial charge on any atom is -0.398 e. The van der Waals surface area contributed by atoms with Gasteiger partial charge in [-0.2, -0.15) is 18.2 Å². The van der Waals surface area contributed by atoms with E-state index in [1.807, 2.05) is 6.92 Å². The Labute approximate surface area is 118 Å². The Morgan fingerprint density at radius 2 is 2.10 bits per heavy atom. The van der Waals surface area contributed by atoms with Gasteiger partial charge in [0.15, 0.2) is 5.82 Å². The molecule has 5 nitrogen and oxygen atoms in total. The molecule has 0 atom stereocenters. The van der Waals surface area contributed by atoms with Crippen LogP contribution >= 0.6 is 0 Å². The number of aromatic nitrogens is 2. The van der Waals surface area contributed by atoms with Crippen LogP contribution < -0.4 is 5.73 Å². The second-order valence-electron chi connectivity index (χ2n) is 4.26. The normalized spacial score (nSPS) is 11.8. The third-order valence-corrected chi connectivity index (χ3v) is 2.75. The number of alkyl halides is 3. The van der Waals surface area contributed by atoms with E-state index in [-0.39, 0.29) is 17.1 Å². The fourth-order valence-electron chi connectivity index (χ4n) is 1.69. The first-order valence-corrected chi connectivity index (χ1v) is 6.29. The molecule has 1 aromatic carbocycles. The van der Waals surface area contributed by atoms with Crippen LogP contribution in [0.5, 0.6) is 0 Å². The van der Waals surface area contributed by atoms with Gasteiger partial charge in [0.05, 0.1) is 17.7 Å². The van der Waals surface area contributed by atoms with E-state index >= 15 is 0 Å². The molecule has 1 aromatic heterocycles. The predicted molar refractivity (Wildman–Crippen MR) is 69.3 cm³/mol. The summed E-state index contributed by atoms with van der Waals surface area (Å²) in [5.41, 5.74) is 5.07. The van der Waals surface area contributed by atoms with Gasteiger partial charge in [0.1, 0.15) is 0 Å². The number of halogens is 3. The Balaban J connectivity index is 2.25. The second-order valence-corrected chi connectivity index (χ2v) is 4.26. The maximum Gasteiger partial charge on any atom is 0.416 e. The SMILES string of the molecule is CCOCCc1noc(-c2cc(C(F)(F)F)ccc2N)n1. The molecule has 0 bridgehead atoms. The lowest BCUT2D eigenvalue weighted by Crippen LogP contribution is -2.05. The molecule has 2 N–H and O–H groups in total. The zero-order valence-corrected chi connectivity index (χ0v) is 11.3. The maximum atomic E-state index is 12.7. The quantitative estimate of drug-likeness (QED) is 0.679. The molecule has 0 saturated heterocycles. The van der Waals surface area contributed by atoms with Crippen LogP contribution in [0.25, 0.3) is 11.5 Å². The summed E-state index contributed by atoms with van der Waals surface area (Å²) in [4.78, 5) is 4.03. The third kappa shape index (κ3) is 3.72. The molecule has 21 heavy (non-hydrogen) atoms. The Bertz CT molecular complexity index is 611. The van der Waals surface area contributed by atoms with Gasteiger partial charge in [-0.3, -0.25) is 0 Å². The lowest BCUT2D eigenvalue weighted by atomic mass is 10.1. The van der Waals surface area contributed by atoms with Gasteiger partial charge in [-0.1, -0.05) is 5.16 Å². The fraction of sp³-hybridized carbons (Fsp3) is 0.385. The van der Waals surface area contributed by atoms with Gasteiger partial charge in [0.2, 0.25) is 0 Å². The summed E-state index contributed by atoms with van der Waals surface area (Å²) >= 11 is 0. The number of hydrogen-bond acceptors (Lipinski definition) is 5. The van der Waals surface area contributed by atoms with Crippen molar-refractivity contribution in [1.82, 2.24) is 10.1 Å². The van der Waals surface area contributed by atoms with Crippen molar-refractivity contribution in [3.63, 3.8) is 0 Å². The molecular formula is C13H14F3N3O2. The van der Waals surface area contributed by atoms with Gasteiger partial charge in [0, 0.05) is 18.7 Å². The van der Waals surface area contributed by atoms with E-state index < -0.39 is 11.7 Å². The van der Waals surface area contributed by atoms with Gasteiger partial charge >= 0.3 is 6.18 Å². The van der Waals surface area contributed by atoms with Gasteiger partial charge in [-0.25, -0.2) is 0 Å². The van der Waals surface area contributed by atoms with E-state index in [4.69, 9.17) is 15.0 Å². The number of benzene rings is 1. The molecule has 0 spiro atoms. The first-order chi connectivity index (χ1) is 9.91. The van der Waals surface area contributed by atoms with E-state index in [1.165, 1.54) is 6.07 Å². The van der Waals surface area contributed by atoms with Crippen LogP contribution in [0.15, 0.2) is 22.7 Å². The first-order valence-electron chi connectivity index (χ1n) is 6.29. The highest BCUT2D eigenvalue weighted by atomic mass is 19.4. The summed E-state index contributed by atoms with van der Waals surface area (Å²) in [6, 6.07) is 2.97. The molecule has 1 heterocycles. The lowest BCUT2D eigenvalue weighted by Gasteiger charge is -2.08. The summed E-state index contributed by atoms with van der Waals surface area (Å²) in [5, 5.41) is 3.69. The number of hydrogen-bond donors (Lipinski definition) is 1. The van der Waals surface area contributed by atoms with Crippen LogP contribution in [0.3, 0.4) is 0 Å². The highest BCUT2D eigenvalue weighted by Crippen LogP contribution is 2.34. The first kappa shape index (κ1) is 15.3. The summed E-state index contributed by atoms with van der Waals surface area (Å²) < 4.78 is 48.2. The van der Waals surface area contributed by atoms with Crippen LogP contribution in [0.1, 0.15) is 18.3 Å². The van der Waals surface area contributed by atoms with Gasteiger partial charge in [0.25, 0.3) is 5.89 Å². The Kier molecular flexibility index (Phi) is 4.46. The van der Waals surface area contributed by atoms with Crippen molar-refractivity contribution in [2.24, 2.45) is 0 Å². The average Bonchev–Trinajstić information content (AvgIpc) is 2.87. The summed E-state index contributed by atoms with van der Waals surface area (Å²) in [6.07, 6.45) is -4.05. The Morgan fingerprint density at radius 1 is 1.33 bits per heavy atom. The lowest BCUT2D eigenvalue weighted by molar-refractivity contribution is -0.137. The fourth-order valence-corrected chi connectivity index (χ4v) is 1.69. The molecule has 0 unspecified atom stereocenters. The van der Waals surface area contributed by atoms with Crippen LogP contribution in [0.2, 0.25) is 0 Å². The van der Waals surface area contributed by atoms with Crippen LogP contribution in [0, 0.1) is 0 Å². The molecule has 0 fully saturated rings. The largest absolute Gasteiger partial charge is 0.416 e. The van der Waals surface area contributed by atoms with Crippen molar-refractivity contribution >= 4 is 5.69 Å². The standard InChI is InChI=1S/C13H14F3N3O2/c1-2-20-6-5-11-18-12(21-19-11)9-7-8(13(14,15)16)3-4-10(9)17/h3-4,7H,2,5-6,17H2,1H3. The summed E-state index contributed by atoms with van der Waals surface area (Å²) in [5.74, 6) is 0.320. The molecule has 0 aliphatic rings. The average molecular weight is 301 g/mol. The molecule has 2 rings (SSSR count). The highest BCUT2D eigenvalue weighted by Gasteiger charge is 2.31. The van der Waals surface area contributed by atoms with Gasteiger partial charge in [-0.15, -0.1) is 0 Å². The Hall–Kier alpha value is -2.09. The van der Waals surface area contributed by atoms with Crippen molar-refractivity contribution in [2.75, 3.05) is 18.9 Å². The van der Waals surface area contributed by atoms with Crippen LogP contribution in [-0.2, 0) is 17.3 Å². The third-order valence-electron chi connectivity index (χ3n) is 2.75. The van der Waals surface area contributed by atoms with Gasteiger partial charge in [-0.05, 0) is 25.1 Å². The summed E-state index contributed by atoms with van der Waals surface area (Å²) in [6.45, 7) is 2.82. The van der Waals surface area contributed by atoms with Gasteiger partial charge < -0.3 is 15.0 Å². The van der Waals surface area contributed by atoms with Crippen molar-refractivity contribution < 1.29 is 22.4 Å². The van der Waals surface area contributed by atoms with E-state index in [0.717, 1.165) is 12.1 Å². The molecule has 8 heteroatoms. The van der Waals surface area contributed by atoms with Crippen molar-refractivity contribution in [1.29, 1.82) is 0 Å². The van der Waals surface area contributed by atoms with Crippen LogP contribution in [-0.4, -0.2) is 23.4 Å². The number of anilines is 1. The molecule has 114 valence electrons. The van der Waals surface area contributed by atoms with Crippen molar-refractivity contribution in [2.45, 2.75) is 19.5 Å². The molecule has 0 radical (unpaired) electrons. The van der Waals surface area contributed by atoms with E-state index in [9.17, 15) is 13.2 Å². The van der Waals surface area contributed by atoms with E-state index in [0.29, 0.717) is 25.5 Å². The summed E-state index contributed by atoms with van der Waals surface area (Å²) in [7, 11) is 0. The highest BCUT2D eigenvalue weighted by molar-refractivity contribution is 5.71. The Morgan fingerprint density at radius 3 is 2.76 bits per heavy atom. The zero-order valence-electron chi connectivity index (χ0n) is 11.3. The molecule has 0 aliphatic heterocycles. The number of nitrogen functional groups attached to an aromatic ring is 1. The molecular weight excluding hydrogens is 287 g/mol. The minimum atomic E-state index is -4.46. The van der Waals surface area contributed by atoms with Crippen molar-refractivity contribution in [3.8, 4) is 11.5 Å². The number of rotatable bonds is 5. The topological polar surface area (TPSA) is 74.2 Å². The second kappa shape index (κ2) is 6.13. The molecule has 0 amide bonds. The number of nitrogens with two attached hydrogens (primary N) is 1.